The summed E-state index contributed by atoms with van der Waals surface area (Å²) < 4.78 is 13.8. The van der Waals surface area contributed by atoms with Crippen LogP contribution in [0.15, 0.2) is 47.7 Å². The largest absolute Gasteiger partial charge is 0.501 e. The highest BCUT2D eigenvalue weighted by Gasteiger charge is 2.39. The minimum Gasteiger partial charge on any atom is -0.501 e. The zero-order valence-electron chi connectivity index (χ0n) is 17.9. The minimum atomic E-state index is -0.0633. The van der Waals surface area contributed by atoms with Crippen molar-refractivity contribution in [3.63, 3.8) is 0 Å². The van der Waals surface area contributed by atoms with Gasteiger partial charge in [-0.2, -0.15) is 0 Å². The molecule has 4 heterocycles. The first-order chi connectivity index (χ1) is 15.1. The van der Waals surface area contributed by atoms with Gasteiger partial charge in [-0.3, -0.25) is 9.36 Å². The van der Waals surface area contributed by atoms with E-state index < -0.39 is 0 Å². The first-order valence-electron chi connectivity index (χ1n) is 10.9. The van der Waals surface area contributed by atoms with E-state index in [2.05, 4.69) is 16.9 Å². The molecule has 0 N–H and O–H groups in total. The molecule has 31 heavy (non-hydrogen) atoms. The normalized spacial score (nSPS) is 23.6. The molecule has 7 heteroatoms. The summed E-state index contributed by atoms with van der Waals surface area (Å²) in [7, 11) is 2.24. The van der Waals surface area contributed by atoms with Crippen LogP contribution in [0, 0.1) is 0 Å². The molecule has 5 rings (SSSR count). The number of hydrogen-bond donors (Lipinski definition) is 0. The fraction of sp³-hybridized carbons (Fsp3) is 0.417. The zero-order chi connectivity index (χ0) is 21.4. The molecule has 2 saturated heterocycles. The third kappa shape index (κ3) is 4.00. The van der Waals surface area contributed by atoms with E-state index in [4.69, 9.17) is 9.47 Å². The molecule has 1 aromatic carbocycles. The molecule has 3 aromatic rings. The van der Waals surface area contributed by atoms with Crippen molar-refractivity contribution in [3.8, 4) is 11.4 Å². The van der Waals surface area contributed by atoms with Gasteiger partial charge in [0.1, 0.15) is 22.9 Å². The molecule has 0 amide bonds. The Kier molecular flexibility index (Phi) is 5.54. The Morgan fingerprint density at radius 3 is 2.65 bits per heavy atom. The van der Waals surface area contributed by atoms with E-state index in [9.17, 15) is 4.79 Å². The van der Waals surface area contributed by atoms with Gasteiger partial charge >= 0.3 is 0 Å². The Labute approximate surface area is 185 Å². The predicted molar refractivity (Wildman–Crippen MR) is 124 cm³/mol. The SMILES string of the molecule is CCO/C=C\c1cc2ncn(-c3ccc(OC4C[C@H]5CC[C@@H](C4)N5C)cc3)c(=O)c2s1. The first kappa shape index (κ1) is 20.3. The second-order valence-electron chi connectivity index (χ2n) is 8.30. The van der Waals surface area contributed by atoms with Crippen molar-refractivity contribution in [1.82, 2.24) is 14.5 Å². The molecule has 0 spiro atoms. The maximum atomic E-state index is 13.0. The molecule has 2 aromatic heterocycles. The molecule has 0 saturated carbocycles. The van der Waals surface area contributed by atoms with Gasteiger partial charge in [0.15, 0.2) is 0 Å². The van der Waals surface area contributed by atoms with Gasteiger partial charge in [0.2, 0.25) is 0 Å². The molecule has 0 aliphatic carbocycles. The van der Waals surface area contributed by atoms with Crippen molar-refractivity contribution < 1.29 is 9.47 Å². The smallest absolute Gasteiger partial charge is 0.275 e. The topological polar surface area (TPSA) is 56.6 Å². The molecular weight excluding hydrogens is 410 g/mol. The van der Waals surface area contributed by atoms with Crippen molar-refractivity contribution in [1.29, 1.82) is 0 Å². The summed E-state index contributed by atoms with van der Waals surface area (Å²) in [4.78, 5) is 21.0. The Morgan fingerprint density at radius 2 is 1.94 bits per heavy atom. The third-order valence-electron chi connectivity index (χ3n) is 6.42. The van der Waals surface area contributed by atoms with Crippen LogP contribution >= 0.6 is 11.3 Å². The molecule has 162 valence electrons. The number of nitrogens with zero attached hydrogens (tertiary/aromatic N) is 3. The molecule has 2 aliphatic rings. The fourth-order valence-electron chi connectivity index (χ4n) is 4.74. The van der Waals surface area contributed by atoms with Gasteiger partial charge < -0.3 is 14.4 Å². The van der Waals surface area contributed by atoms with Gasteiger partial charge in [0.05, 0.1) is 24.1 Å². The van der Waals surface area contributed by atoms with Gasteiger partial charge in [-0.05, 0) is 76.1 Å². The molecule has 0 radical (unpaired) electrons. The van der Waals surface area contributed by atoms with Gasteiger partial charge in [-0.1, -0.05) is 0 Å². The number of benzene rings is 1. The van der Waals surface area contributed by atoms with E-state index >= 15 is 0 Å². The van der Waals surface area contributed by atoms with E-state index in [-0.39, 0.29) is 11.7 Å². The van der Waals surface area contributed by atoms with Crippen molar-refractivity contribution in [2.45, 2.75) is 50.8 Å². The summed E-state index contributed by atoms with van der Waals surface area (Å²) in [6, 6.07) is 11.0. The maximum Gasteiger partial charge on any atom is 0.275 e. The molecule has 1 unspecified atom stereocenters. The molecule has 6 nitrogen and oxygen atoms in total. The fourth-order valence-corrected chi connectivity index (χ4v) is 5.68. The predicted octanol–water partition coefficient (Wildman–Crippen LogP) is 4.46. The van der Waals surface area contributed by atoms with E-state index in [1.807, 2.05) is 43.3 Å². The number of hydrogen-bond acceptors (Lipinski definition) is 6. The van der Waals surface area contributed by atoms with Crippen LogP contribution in [0.1, 0.15) is 37.5 Å². The molecule has 2 aliphatic heterocycles. The summed E-state index contributed by atoms with van der Waals surface area (Å²) in [6.07, 6.45) is 10.1. The average Bonchev–Trinajstić information content (AvgIpc) is 3.26. The standard InChI is InChI=1S/C24H27N3O3S/c1-3-29-11-10-21-14-22-23(31-21)24(28)27(15-25-22)16-6-8-19(9-7-16)30-20-12-17-4-5-18(13-20)26(17)2/h6-11,14-15,17-18,20H,3-5,12-13H2,1-2H3/b11-10-/t17-,18+,20?. The highest BCUT2D eigenvalue weighted by molar-refractivity contribution is 7.19. The van der Waals surface area contributed by atoms with E-state index in [1.54, 1.807) is 17.2 Å². The van der Waals surface area contributed by atoms with Crippen LogP contribution in [-0.2, 0) is 4.74 Å². The zero-order valence-corrected chi connectivity index (χ0v) is 18.7. The summed E-state index contributed by atoms with van der Waals surface area (Å²) >= 11 is 1.42. The van der Waals surface area contributed by atoms with Crippen LogP contribution in [0.2, 0.25) is 0 Å². The van der Waals surface area contributed by atoms with Gasteiger partial charge in [-0.15, -0.1) is 11.3 Å². The van der Waals surface area contributed by atoms with Crippen molar-refractivity contribution in [2.75, 3.05) is 13.7 Å². The lowest BCUT2D eigenvalue weighted by atomic mass is 10.0. The molecule has 2 fully saturated rings. The van der Waals surface area contributed by atoms with Crippen molar-refractivity contribution >= 4 is 27.6 Å². The second-order valence-corrected chi connectivity index (χ2v) is 9.38. The van der Waals surface area contributed by atoms with Gasteiger partial charge in [0.25, 0.3) is 5.56 Å². The van der Waals surface area contributed by atoms with E-state index in [0.29, 0.717) is 28.9 Å². The number of aromatic nitrogens is 2. The number of piperidine rings is 1. The summed E-state index contributed by atoms with van der Waals surface area (Å²) in [5.74, 6) is 0.860. The van der Waals surface area contributed by atoms with Crippen LogP contribution in [-0.4, -0.2) is 46.3 Å². The summed E-state index contributed by atoms with van der Waals surface area (Å²) in [5.41, 5.74) is 1.43. The van der Waals surface area contributed by atoms with E-state index in [0.717, 1.165) is 29.2 Å². The van der Waals surface area contributed by atoms with E-state index in [1.165, 1.54) is 24.2 Å². The van der Waals surface area contributed by atoms with Crippen molar-refractivity contribution in [3.05, 3.63) is 58.2 Å². The highest BCUT2D eigenvalue weighted by Crippen LogP contribution is 2.36. The number of ether oxygens (including phenoxy) is 2. The highest BCUT2D eigenvalue weighted by atomic mass is 32.1. The Morgan fingerprint density at radius 1 is 1.19 bits per heavy atom. The van der Waals surface area contributed by atoms with Crippen LogP contribution in [0.4, 0.5) is 0 Å². The lowest BCUT2D eigenvalue weighted by Gasteiger charge is -2.36. The Bertz CT molecular complexity index is 1140. The van der Waals surface area contributed by atoms with Crippen LogP contribution < -0.4 is 10.3 Å². The molecular formula is C24H27N3O3S. The van der Waals surface area contributed by atoms with Crippen LogP contribution in [0.25, 0.3) is 22.0 Å². The molecule has 3 atom stereocenters. The Hall–Kier alpha value is -2.64. The summed E-state index contributed by atoms with van der Waals surface area (Å²) in [6.45, 7) is 2.55. The third-order valence-corrected chi connectivity index (χ3v) is 7.50. The number of fused-ring (bicyclic) bond motifs is 3. The second kappa shape index (κ2) is 8.48. The number of thiophene rings is 1. The van der Waals surface area contributed by atoms with Crippen molar-refractivity contribution in [2.24, 2.45) is 0 Å². The lowest BCUT2D eigenvalue weighted by Crippen LogP contribution is -2.43. The summed E-state index contributed by atoms with van der Waals surface area (Å²) in [5, 5.41) is 0. The lowest BCUT2D eigenvalue weighted by molar-refractivity contribution is 0.0662. The number of rotatable bonds is 6. The quantitative estimate of drug-likeness (QED) is 0.533. The van der Waals surface area contributed by atoms with Crippen LogP contribution in [0.3, 0.4) is 0 Å². The van der Waals surface area contributed by atoms with Crippen LogP contribution in [0.5, 0.6) is 5.75 Å². The minimum absolute atomic E-state index is 0.0633. The maximum absolute atomic E-state index is 13.0. The average molecular weight is 438 g/mol. The molecule has 2 bridgehead atoms. The Balaban J connectivity index is 1.33. The monoisotopic (exact) mass is 437 g/mol. The first-order valence-corrected chi connectivity index (χ1v) is 11.7. The van der Waals surface area contributed by atoms with Gasteiger partial charge in [0, 0.05) is 17.0 Å². The van der Waals surface area contributed by atoms with Gasteiger partial charge in [-0.25, -0.2) is 4.98 Å².